The zero-order chi connectivity index (χ0) is 15.2. The van der Waals surface area contributed by atoms with Gasteiger partial charge in [0.1, 0.15) is 0 Å². The van der Waals surface area contributed by atoms with Gasteiger partial charge in [-0.05, 0) is 56.5 Å². The van der Waals surface area contributed by atoms with E-state index in [0.29, 0.717) is 18.2 Å². The SMILES string of the molecule is Cc1ccc(NS(=O)(=O)CCCCNC(C)C)cc1C. The van der Waals surface area contributed by atoms with Crippen LogP contribution in [-0.2, 0) is 10.0 Å². The summed E-state index contributed by atoms with van der Waals surface area (Å²) in [5.41, 5.74) is 2.90. The van der Waals surface area contributed by atoms with Gasteiger partial charge in [0, 0.05) is 11.7 Å². The van der Waals surface area contributed by atoms with Crippen molar-refractivity contribution in [1.29, 1.82) is 0 Å². The van der Waals surface area contributed by atoms with Crippen LogP contribution in [0.1, 0.15) is 37.8 Å². The van der Waals surface area contributed by atoms with E-state index < -0.39 is 10.0 Å². The molecule has 1 aromatic rings. The third kappa shape index (κ3) is 6.39. The van der Waals surface area contributed by atoms with Gasteiger partial charge in [-0.3, -0.25) is 4.72 Å². The Kier molecular flexibility index (Phi) is 6.49. The predicted octanol–water partition coefficient (Wildman–Crippen LogP) is 2.82. The fraction of sp³-hybridized carbons (Fsp3) is 0.600. The van der Waals surface area contributed by atoms with Gasteiger partial charge in [-0.2, -0.15) is 0 Å². The maximum Gasteiger partial charge on any atom is 0.232 e. The Balaban J connectivity index is 2.43. The Morgan fingerprint density at radius 2 is 1.80 bits per heavy atom. The van der Waals surface area contributed by atoms with Crippen LogP contribution >= 0.6 is 0 Å². The molecule has 0 spiro atoms. The maximum atomic E-state index is 12.0. The minimum Gasteiger partial charge on any atom is -0.315 e. The van der Waals surface area contributed by atoms with Crippen LogP contribution in [-0.4, -0.2) is 26.8 Å². The van der Waals surface area contributed by atoms with Crippen LogP contribution in [0.25, 0.3) is 0 Å². The van der Waals surface area contributed by atoms with Crippen molar-refractivity contribution in [3.63, 3.8) is 0 Å². The Morgan fingerprint density at radius 1 is 1.10 bits per heavy atom. The number of rotatable bonds is 8. The van der Waals surface area contributed by atoms with Crippen molar-refractivity contribution in [2.75, 3.05) is 17.0 Å². The second-order valence-corrected chi connectivity index (χ2v) is 7.38. The van der Waals surface area contributed by atoms with Gasteiger partial charge < -0.3 is 5.32 Å². The van der Waals surface area contributed by atoms with Gasteiger partial charge in [-0.15, -0.1) is 0 Å². The van der Waals surface area contributed by atoms with Gasteiger partial charge in [0.2, 0.25) is 10.0 Å². The molecule has 4 nitrogen and oxygen atoms in total. The Bertz CT molecular complexity index is 525. The summed E-state index contributed by atoms with van der Waals surface area (Å²) >= 11 is 0. The number of anilines is 1. The molecule has 5 heteroatoms. The zero-order valence-electron chi connectivity index (χ0n) is 12.9. The fourth-order valence-electron chi connectivity index (χ4n) is 1.84. The van der Waals surface area contributed by atoms with Crippen molar-refractivity contribution < 1.29 is 8.42 Å². The molecule has 114 valence electrons. The molecular formula is C15H26N2O2S. The summed E-state index contributed by atoms with van der Waals surface area (Å²) in [6.45, 7) is 9.01. The summed E-state index contributed by atoms with van der Waals surface area (Å²) in [5, 5.41) is 3.28. The molecule has 0 bridgehead atoms. The third-order valence-electron chi connectivity index (χ3n) is 3.17. The summed E-state index contributed by atoms with van der Waals surface area (Å²) in [4.78, 5) is 0. The molecule has 0 aliphatic rings. The van der Waals surface area contributed by atoms with Crippen molar-refractivity contribution in [3.8, 4) is 0 Å². The minimum atomic E-state index is -3.24. The normalized spacial score (nSPS) is 11.8. The van der Waals surface area contributed by atoms with Gasteiger partial charge in [0.15, 0.2) is 0 Å². The molecule has 0 atom stereocenters. The fourth-order valence-corrected chi connectivity index (χ4v) is 3.02. The molecule has 0 amide bonds. The molecule has 0 aliphatic heterocycles. The molecule has 20 heavy (non-hydrogen) atoms. The summed E-state index contributed by atoms with van der Waals surface area (Å²) in [5.74, 6) is 0.166. The lowest BCUT2D eigenvalue weighted by Gasteiger charge is -2.10. The first-order valence-corrected chi connectivity index (χ1v) is 8.76. The maximum absolute atomic E-state index is 12.0. The van der Waals surface area contributed by atoms with E-state index in [9.17, 15) is 8.42 Å². The highest BCUT2D eigenvalue weighted by Crippen LogP contribution is 2.15. The monoisotopic (exact) mass is 298 g/mol. The van der Waals surface area contributed by atoms with E-state index in [1.165, 1.54) is 0 Å². The van der Waals surface area contributed by atoms with Gasteiger partial charge >= 0.3 is 0 Å². The second kappa shape index (κ2) is 7.64. The Labute approximate surface area is 123 Å². The molecule has 0 saturated heterocycles. The summed E-state index contributed by atoms with van der Waals surface area (Å²) in [7, 11) is -3.24. The number of nitrogens with one attached hydrogen (secondary N) is 2. The first-order chi connectivity index (χ1) is 9.30. The van der Waals surface area contributed by atoms with Gasteiger partial charge in [-0.1, -0.05) is 19.9 Å². The van der Waals surface area contributed by atoms with Gasteiger partial charge in [-0.25, -0.2) is 8.42 Å². The molecule has 0 heterocycles. The zero-order valence-corrected chi connectivity index (χ0v) is 13.7. The summed E-state index contributed by atoms with van der Waals surface area (Å²) in [6, 6.07) is 6.05. The summed E-state index contributed by atoms with van der Waals surface area (Å²) < 4.78 is 26.6. The number of hydrogen-bond acceptors (Lipinski definition) is 3. The number of unbranched alkanes of at least 4 members (excludes halogenated alkanes) is 1. The number of aryl methyl sites for hydroxylation is 2. The van der Waals surface area contributed by atoms with Gasteiger partial charge in [0.05, 0.1) is 5.75 Å². The van der Waals surface area contributed by atoms with Gasteiger partial charge in [0.25, 0.3) is 0 Å². The Hall–Kier alpha value is -1.07. The van der Waals surface area contributed by atoms with E-state index >= 15 is 0 Å². The van der Waals surface area contributed by atoms with Crippen LogP contribution in [0.5, 0.6) is 0 Å². The van der Waals surface area contributed by atoms with Crippen molar-refractivity contribution in [2.24, 2.45) is 0 Å². The van der Waals surface area contributed by atoms with Crippen molar-refractivity contribution in [2.45, 2.75) is 46.6 Å². The first-order valence-electron chi connectivity index (χ1n) is 7.11. The van der Waals surface area contributed by atoms with E-state index in [4.69, 9.17) is 0 Å². The van der Waals surface area contributed by atoms with Crippen molar-refractivity contribution in [3.05, 3.63) is 29.3 Å². The molecule has 0 aromatic heterocycles. The predicted molar refractivity (Wildman–Crippen MR) is 85.7 cm³/mol. The van der Waals surface area contributed by atoms with Crippen LogP contribution in [0.15, 0.2) is 18.2 Å². The highest BCUT2D eigenvalue weighted by molar-refractivity contribution is 7.92. The molecule has 0 radical (unpaired) electrons. The first kappa shape index (κ1) is 17.0. The van der Waals surface area contributed by atoms with Crippen LogP contribution in [0.2, 0.25) is 0 Å². The number of hydrogen-bond donors (Lipinski definition) is 2. The lowest BCUT2D eigenvalue weighted by Crippen LogP contribution is -2.24. The molecular weight excluding hydrogens is 272 g/mol. The third-order valence-corrected chi connectivity index (χ3v) is 4.55. The molecule has 0 saturated carbocycles. The lowest BCUT2D eigenvalue weighted by atomic mass is 10.1. The van der Waals surface area contributed by atoms with E-state index in [0.717, 1.165) is 24.1 Å². The highest BCUT2D eigenvalue weighted by atomic mass is 32.2. The largest absolute Gasteiger partial charge is 0.315 e. The molecule has 0 unspecified atom stereocenters. The van der Waals surface area contributed by atoms with Crippen molar-refractivity contribution in [1.82, 2.24) is 5.32 Å². The van der Waals surface area contributed by atoms with E-state index in [2.05, 4.69) is 23.9 Å². The van der Waals surface area contributed by atoms with Crippen molar-refractivity contribution >= 4 is 15.7 Å². The van der Waals surface area contributed by atoms with Crippen LogP contribution in [0.4, 0.5) is 5.69 Å². The van der Waals surface area contributed by atoms with Crippen LogP contribution in [0.3, 0.4) is 0 Å². The molecule has 1 rings (SSSR count). The van der Waals surface area contributed by atoms with E-state index in [1.807, 2.05) is 26.0 Å². The lowest BCUT2D eigenvalue weighted by molar-refractivity contribution is 0.561. The molecule has 2 N–H and O–H groups in total. The average molecular weight is 298 g/mol. The number of benzene rings is 1. The topological polar surface area (TPSA) is 58.2 Å². The van der Waals surface area contributed by atoms with E-state index in [-0.39, 0.29) is 5.75 Å². The summed E-state index contributed by atoms with van der Waals surface area (Å²) in [6.07, 6.45) is 1.53. The quantitative estimate of drug-likeness (QED) is 0.726. The Morgan fingerprint density at radius 3 is 2.40 bits per heavy atom. The second-order valence-electron chi connectivity index (χ2n) is 5.54. The smallest absolute Gasteiger partial charge is 0.232 e. The molecule has 1 aromatic carbocycles. The number of sulfonamides is 1. The van der Waals surface area contributed by atoms with Crippen LogP contribution in [0, 0.1) is 13.8 Å². The average Bonchev–Trinajstić information content (AvgIpc) is 2.32. The molecule has 0 aliphatic carbocycles. The van der Waals surface area contributed by atoms with Crippen LogP contribution < -0.4 is 10.0 Å². The standard InChI is InChI=1S/C15H26N2O2S/c1-12(2)16-9-5-6-10-20(18,19)17-15-8-7-13(3)14(4)11-15/h7-8,11-12,16-17H,5-6,9-10H2,1-4H3. The molecule has 0 fully saturated rings. The van der Waals surface area contributed by atoms with E-state index in [1.54, 1.807) is 6.07 Å². The minimum absolute atomic E-state index is 0.166. The highest BCUT2D eigenvalue weighted by Gasteiger charge is 2.10.